The minimum absolute atomic E-state index is 0.241. The van der Waals surface area contributed by atoms with Crippen LogP contribution in [0.25, 0.3) is 10.9 Å². The molecule has 0 N–H and O–H groups in total. The van der Waals surface area contributed by atoms with Crippen molar-refractivity contribution in [2.45, 2.75) is 6.92 Å². The van der Waals surface area contributed by atoms with Gasteiger partial charge in [-0.05, 0) is 30.7 Å². The van der Waals surface area contributed by atoms with Gasteiger partial charge in [0.1, 0.15) is 22.2 Å². The van der Waals surface area contributed by atoms with Crippen molar-refractivity contribution in [2.24, 2.45) is 0 Å². The Bertz CT molecular complexity index is 527. The number of aromatic nitrogens is 1. The van der Waals surface area contributed by atoms with E-state index in [0.29, 0.717) is 16.3 Å². The van der Waals surface area contributed by atoms with Gasteiger partial charge in [-0.3, -0.25) is 0 Å². The predicted octanol–water partition coefficient (Wildman–Crippen LogP) is 3.34. The molecule has 0 amide bonds. The zero-order valence-electron chi connectivity index (χ0n) is 8.34. The molecule has 2 rings (SSSR count). The van der Waals surface area contributed by atoms with Gasteiger partial charge in [0.2, 0.25) is 0 Å². The van der Waals surface area contributed by atoms with Gasteiger partial charge in [0.15, 0.2) is 0 Å². The molecule has 4 heteroatoms. The summed E-state index contributed by atoms with van der Waals surface area (Å²) in [5.41, 5.74) is 1.04. The summed E-state index contributed by atoms with van der Waals surface area (Å²) < 4.78 is 18.6. The Balaban J connectivity index is 2.88. The van der Waals surface area contributed by atoms with Crippen molar-refractivity contribution in [3.63, 3.8) is 0 Å². The van der Waals surface area contributed by atoms with E-state index < -0.39 is 5.82 Å². The highest BCUT2D eigenvalue weighted by atomic mass is 35.5. The predicted molar refractivity (Wildman–Crippen MR) is 58.0 cm³/mol. The summed E-state index contributed by atoms with van der Waals surface area (Å²) in [4.78, 5) is 3.99. The maximum absolute atomic E-state index is 13.4. The van der Waals surface area contributed by atoms with Crippen molar-refractivity contribution in [3.8, 4) is 5.75 Å². The molecule has 1 aromatic heterocycles. The Morgan fingerprint density at radius 2 is 2.13 bits per heavy atom. The Morgan fingerprint density at radius 3 is 2.80 bits per heavy atom. The lowest BCUT2D eigenvalue weighted by Gasteiger charge is -2.07. The zero-order valence-corrected chi connectivity index (χ0v) is 9.10. The Morgan fingerprint density at radius 1 is 1.40 bits per heavy atom. The molecule has 0 spiro atoms. The number of hydrogen-bond acceptors (Lipinski definition) is 2. The molecule has 2 aromatic rings. The largest absolute Gasteiger partial charge is 0.496 e. The van der Waals surface area contributed by atoms with Crippen LogP contribution in [0.15, 0.2) is 18.2 Å². The average Bonchev–Trinajstić information content (AvgIpc) is 2.22. The fraction of sp³-hybridized carbons (Fsp3) is 0.182. The standard InChI is InChI=1S/C11H9ClFNO/c1-6-5-7-9(15-2)4-3-8(13)10(7)14-11(6)12/h3-5H,1-2H3. The first-order valence-electron chi connectivity index (χ1n) is 4.43. The van der Waals surface area contributed by atoms with E-state index in [9.17, 15) is 4.39 Å². The molecular weight excluding hydrogens is 217 g/mol. The number of ether oxygens (including phenoxy) is 1. The van der Waals surface area contributed by atoms with E-state index in [4.69, 9.17) is 16.3 Å². The first-order chi connectivity index (χ1) is 7.13. The van der Waals surface area contributed by atoms with Crippen molar-refractivity contribution in [3.05, 3.63) is 34.7 Å². The molecule has 0 fully saturated rings. The zero-order chi connectivity index (χ0) is 11.0. The van der Waals surface area contributed by atoms with Crippen LogP contribution in [0, 0.1) is 12.7 Å². The van der Waals surface area contributed by atoms with Crippen molar-refractivity contribution in [2.75, 3.05) is 7.11 Å². The number of aryl methyl sites for hydroxylation is 1. The van der Waals surface area contributed by atoms with Crippen LogP contribution in [0.5, 0.6) is 5.75 Å². The van der Waals surface area contributed by atoms with Crippen LogP contribution in [0.4, 0.5) is 4.39 Å². The summed E-state index contributed by atoms with van der Waals surface area (Å²) in [6.07, 6.45) is 0. The fourth-order valence-corrected chi connectivity index (χ4v) is 1.60. The van der Waals surface area contributed by atoms with Crippen LogP contribution < -0.4 is 4.74 Å². The summed E-state index contributed by atoms with van der Waals surface area (Å²) in [6, 6.07) is 4.67. The molecule has 0 bridgehead atoms. The van der Waals surface area contributed by atoms with Crippen molar-refractivity contribution < 1.29 is 9.13 Å². The Labute approximate surface area is 91.6 Å². The monoisotopic (exact) mass is 225 g/mol. The van der Waals surface area contributed by atoms with E-state index >= 15 is 0 Å². The van der Waals surface area contributed by atoms with Crippen molar-refractivity contribution in [1.82, 2.24) is 4.98 Å². The van der Waals surface area contributed by atoms with Gasteiger partial charge in [0.05, 0.1) is 7.11 Å². The highest BCUT2D eigenvalue weighted by Gasteiger charge is 2.10. The van der Waals surface area contributed by atoms with E-state index in [0.717, 1.165) is 5.56 Å². The van der Waals surface area contributed by atoms with Gasteiger partial charge in [-0.2, -0.15) is 0 Å². The summed E-state index contributed by atoms with van der Waals surface area (Å²) >= 11 is 5.84. The minimum Gasteiger partial charge on any atom is -0.496 e. The minimum atomic E-state index is -0.396. The van der Waals surface area contributed by atoms with Gasteiger partial charge in [-0.25, -0.2) is 9.37 Å². The van der Waals surface area contributed by atoms with Crippen LogP contribution in [0.2, 0.25) is 5.15 Å². The number of methoxy groups -OCH3 is 1. The first-order valence-corrected chi connectivity index (χ1v) is 4.80. The average molecular weight is 226 g/mol. The van der Waals surface area contributed by atoms with Crippen molar-refractivity contribution in [1.29, 1.82) is 0 Å². The lowest BCUT2D eigenvalue weighted by molar-refractivity contribution is 0.419. The molecule has 78 valence electrons. The Kier molecular flexibility index (Phi) is 2.49. The summed E-state index contributed by atoms with van der Waals surface area (Å²) in [7, 11) is 1.54. The second kappa shape index (κ2) is 3.66. The molecular formula is C11H9ClFNO. The van der Waals surface area contributed by atoms with E-state index in [1.54, 1.807) is 12.1 Å². The molecule has 2 nitrogen and oxygen atoms in total. The van der Waals surface area contributed by atoms with Crippen LogP contribution >= 0.6 is 11.6 Å². The number of halogens is 2. The topological polar surface area (TPSA) is 22.1 Å². The SMILES string of the molecule is COc1ccc(F)c2nc(Cl)c(C)cc12. The maximum Gasteiger partial charge on any atom is 0.149 e. The molecule has 1 heterocycles. The molecule has 1 aromatic carbocycles. The number of hydrogen-bond donors (Lipinski definition) is 0. The lowest BCUT2D eigenvalue weighted by Crippen LogP contribution is -1.92. The highest BCUT2D eigenvalue weighted by molar-refractivity contribution is 6.30. The van der Waals surface area contributed by atoms with Crippen molar-refractivity contribution >= 4 is 22.5 Å². The number of pyridine rings is 1. The van der Waals surface area contributed by atoms with Crippen LogP contribution in [-0.2, 0) is 0 Å². The smallest absolute Gasteiger partial charge is 0.149 e. The Hall–Kier alpha value is -1.35. The third-order valence-electron chi connectivity index (χ3n) is 2.24. The molecule has 0 radical (unpaired) electrons. The number of benzene rings is 1. The molecule has 0 saturated carbocycles. The second-order valence-electron chi connectivity index (χ2n) is 3.24. The van der Waals surface area contributed by atoms with E-state index in [2.05, 4.69) is 4.98 Å². The molecule has 0 aliphatic carbocycles. The first kappa shape index (κ1) is 10.2. The highest BCUT2D eigenvalue weighted by Crippen LogP contribution is 2.29. The second-order valence-corrected chi connectivity index (χ2v) is 3.60. The molecule has 0 unspecified atom stereocenters. The van der Waals surface area contributed by atoms with E-state index in [1.165, 1.54) is 13.2 Å². The third kappa shape index (κ3) is 1.63. The van der Waals surface area contributed by atoms with Gasteiger partial charge in [0, 0.05) is 5.39 Å². The third-order valence-corrected chi connectivity index (χ3v) is 2.63. The molecule has 0 atom stereocenters. The van der Waals surface area contributed by atoms with E-state index in [-0.39, 0.29) is 5.52 Å². The summed E-state index contributed by atoms with van der Waals surface area (Å²) in [5, 5.41) is 0.953. The van der Waals surface area contributed by atoms with Crippen LogP contribution in [-0.4, -0.2) is 12.1 Å². The van der Waals surface area contributed by atoms with Gasteiger partial charge >= 0.3 is 0 Å². The maximum atomic E-state index is 13.4. The quantitative estimate of drug-likeness (QED) is 0.695. The number of rotatable bonds is 1. The molecule has 0 aliphatic heterocycles. The molecule has 0 saturated heterocycles. The van der Waals surface area contributed by atoms with Crippen LogP contribution in [0.1, 0.15) is 5.56 Å². The molecule has 15 heavy (non-hydrogen) atoms. The normalized spacial score (nSPS) is 10.7. The number of fused-ring (bicyclic) bond motifs is 1. The number of nitrogens with zero attached hydrogens (tertiary/aromatic N) is 1. The molecule has 0 aliphatic rings. The van der Waals surface area contributed by atoms with E-state index in [1.807, 2.05) is 6.92 Å². The fourth-order valence-electron chi connectivity index (χ4n) is 1.46. The van der Waals surface area contributed by atoms with Gasteiger partial charge in [-0.1, -0.05) is 11.6 Å². The lowest BCUT2D eigenvalue weighted by atomic mass is 10.1. The van der Waals surface area contributed by atoms with Gasteiger partial charge < -0.3 is 4.74 Å². The van der Waals surface area contributed by atoms with Crippen LogP contribution in [0.3, 0.4) is 0 Å². The summed E-state index contributed by atoms with van der Waals surface area (Å²) in [5.74, 6) is 0.200. The van der Waals surface area contributed by atoms with Gasteiger partial charge in [0.25, 0.3) is 0 Å². The van der Waals surface area contributed by atoms with Gasteiger partial charge in [-0.15, -0.1) is 0 Å². The summed E-state index contributed by atoms with van der Waals surface area (Å²) in [6.45, 7) is 1.82.